The van der Waals surface area contributed by atoms with Crippen molar-refractivity contribution in [2.45, 2.75) is 52.5 Å². The summed E-state index contributed by atoms with van der Waals surface area (Å²) in [5, 5.41) is 3.52. The summed E-state index contributed by atoms with van der Waals surface area (Å²) in [4.78, 5) is 0. The van der Waals surface area contributed by atoms with Crippen molar-refractivity contribution in [1.82, 2.24) is 5.32 Å². The maximum atomic E-state index is 5.69. The van der Waals surface area contributed by atoms with Crippen LogP contribution in [0.4, 0.5) is 0 Å². The van der Waals surface area contributed by atoms with Crippen LogP contribution in [0.1, 0.15) is 62.6 Å². The molecule has 0 aliphatic heterocycles. The van der Waals surface area contributed by atoms with Gasteiger partial charge in [0.1, 0.15) is 5.76 Å². The van der Waals surface area contributed by atoms with E-state index < -0.39 is 0 Å². The average Bonchev–Trinajstić information content (AvgIpc) is 2.91. The fourth-order valence-corrected chi connectivity index (χ4v) is 2.58. The normalized spacial score (nSPS) is 13.4. The van der Waals surface area contributed by atoms with Crippen LogP contribution < -0.4 is 5.32 Å². The second-order valence-corrected chi connectivity index (χ2v) is 6.32. The Hall–Kier alpha value is -1.54. The number of nitrogens with one attached hydrogen (secondary N) is 1. The third-order valence-corrected chi connectivity index (χ3v) is 4.48. The minimum atomic E-state index is 0.129. The third-order valence-electron chi connectivity index (χ3n) is 4.48. The van der Waals surface area contributed by atoms with Gasteiger partial charge in [-0.2, -0.15) is 0 Å². The highest BCUT2D eigenvalue weighted by Crippen LogP contribution is 2.30. The number of rotatable bonds is 6. The van der Waals surface area contributed by atoms with Crippen molar-refractivity contribution in [1.29, 1.82) is 0 Å². The first-order chi connectivity index (χ1) is 9.99. The quantitative estimate of drug-likeness (QED) is 0.810. The van der Waals surface area contributed by atoms with Crippen molar-refractivity contribution in [3.63, 3.8) is 0 Å². The van der Waals surface area contributed by atoms with Gasteiger partial charge < -0.3 is 9.73 Å². The van der Waals surface area contributed by atoms with E-state index in [1.165, 1.54) is 16.7 Å². The topological polar surface area (TPSA) is 25.2 Å². The summed E-state index contributed by atoms with van der Waals surface area (Å²) in [7, 11) is 0. The van der Waals surface area contributed by atoms with Crippen molar-refractivity contribution in [3.8, 4) is 0 Å². The van der Waals surface area contributed by atoms with Crippen LogP contribution in [-0.4, -0.2) is 6.54 Å². The van der Waals surface area contributed by atoms with Gasteiger partial charge in [0.15, 0.2) is 0 Å². The van der Waals surface area contributed by atoms with Gasteiger partial charge in [-0.3, -0.25) is 0 Å². The molecule has 0 saturated heterocycles. The minimum Gasteiger partial charge on any atom is -0.467 e. The fraction of sp³-hybridized carbons (Fsp3) is 0.474. The summed E-state index contributed by atoms with van der Waals surface area (Å²) in [6, 6.07) is 11.1. The van der Waals surface area contributed by atoms with Crippen LogP contribution in [0.15, 0.2) is 41.0 Å². The molecule has 0 aliphatic carbocycles. The van der Waals surface area contributed by atoms with Crippen LogP contribution in [0.2, 0.25) is 0 Å². The molecule has 2 aromatic rings. The molecule has 0 fully saturated rings. The summed E-state index contributed by atoms with van der Waals surface area (Å²) < 4.78 is 5.69. The summed E-state index contributed by atoms with van der Waals surface area (Å²) in [6.45, 7) is 12.0. The van der Waals surface area contributed by atoms with Crippen LogP contribution in [-0.2, 0) is 5.41 Å². The molecule has 0 amide bonds. The van der Waals surface area contributed by atoms with Crippen LogP contribution in [0, 0.1) is 6.92 Å². The molecular formula is C19H27NO. The van der Waals surface area contributed by atoms with Gasteiger partial charge in [0, 0.05) is 0 Å². The Labute approximate surface area is 128 Å². The Morgan fingerprint density at radius 1 is 1.10 bits per heavy atom. The van der Waals surface area contributed by atoms with E-state index in [1.807, 2.05) is 6.07 Å². The molecule has 114 valence electrons. The molecule has 2 heteroatoms. The summed E-state index contributed by atoms with van der Waals surface area (Å²) in [5.41, 5.74) is 4.07. The molecule has 0 aliphatic rings. The van der Waals surface area contributed by atoms with E-state index in [0.29, 0.717) is 0 Å². The Morgan fingerprint density at radius 3 is 2.24 bits per heavy atom. The molecule has 1 aromatic heterocycles. The van der Waals surface area contributed by atoms with E-state index in [2.05, 4.69) is 64.2 Å². The third kappa shape index (κ3) is 3.38. The first kappa shape index (κ1) is 15.8. The zero-order valence-electron chi connectivity index (χ0n) is 13.9. The lowest BCUT2D eigenvalue weighted by molar-refractivity contribution is 0.449. The van der Waals surface area contributed by atoms with E-state index in [1.54, 1.807) is 6.26 Å². The number of hydrogen-bond donors (Lipinski definition) is 1. The van der Waals surface area contributed by atoms with Crippen molar-refractivity contribution in [2.75, 3.05) is 6.54 Å². The second kappa shape index (κ2) is 6.48. The predicted octanol–water partition coefficient (Wildman–Crippen LogP) is 4.97. The highest BCUT2D eigenvalue weighted by atomic mass is 16.3. The van der Waals surface area contributed by atoms with Crippen LogP contribution in [0.25, 0.3) is 0 Å². The summed E-state index contributed by atoms with van der Waals surface area (Å²) >= 11 is 0. The molecule has 0 bridgehead atoms. The van der Waals surface area contributed by atoms with Crippen molar-refractivity contribution in [2.24, 2.45) is 0 Å². The molecule has 0 spiro atoms. The average molecular weight is 285 g/mol. The first-order valence-corrected chi connectivity index (χ1v) is 7.87. The zero-order valence-corrected chi connectivity index (χ0v) is 13.9. The zero-order chi connectivity index (χ0) is 15.5. The number of hydrogen-bond acceptors (Lipinski definition) is 2. The standard InChI is InChI=1S/C19H27NO/c1-6-19(4,5)16-10-8-15(9-11-16)17(20-7-2)18-14(3)12-13-21-18/h8-13,17,20H,6-7H2,1-5H3. The van der Waals surface area contributed by atoms with Gasteiger partial charge >= 0.3 is 0 Å². The number of aryl methyl sites for hydroxylation is 1. The Balaban J connectivity index is 2.32. The monoisotopic (exact) mass is 285 g/mol. The van der Waals surface area contributed by atoms with Gasteiger partial charge in [-0.05, 0) is 48.1 Å². The Kier molecular flexibility index (Phi) is 4.89. The van der Waals surface area contributed by atoms with E-state index in [-0.39, 0.29) is 11.5 Å². The number of furan rings is 1. The van der Waals surface area contributed by atoms with E-state index in [9.17, 15) is 0 Å². The lowest BCUT2D eigenvalue weighted by Crippen LogP contribution is -2.22. The van der Waals surface area contributed by atoms with Crippen LogP contribution in [0.5, 0.6) is 0 Å². The van der Waals surface area contributed by atoms with Gasteiger partial charge in [0.2, 0.25) is 0 Å². The molecule has 21 heavy (non-hydrogen) atoms. The predicted molar refractivity (Wildman–Crippen MR) is 88.7 cm³/mol. The first-order valence-electron chi connectivity index (χ1n) is 7.87. The van der Waals surface area contributed by atoms with Gasteiger partial charge in [0.25, 0.3) is 0 Å². The highest BCUT2D eigenvalue weighted by molar-refractivity contribution is 5.34. The van der Waals surface area contributed by atoms with Crippen LogP contribution >= 0.6 is 0 Å². The molecule has 0 saturated carbocycles. The SMILES string of the molecule is CCNC(c1ccc(C(C)(C)CC)cc1)c1occc1C. The molecule has 2 rings (SSSR count). The molecule has 1 atom stereocenters. The second-order valence-electron chi connectivity index (χ2n) is 6.32. The summed E-state index contributed by atoms with van der Waals surface area (Å²) in [6.07, 6.45) is 2.91. The van der Waals surface area contributed by atoms with E-state index in [0.717, 1.165) is 18.7 Å². The van der Waals surface area contributed by atoms with E-state index in [4.69, 9.17) is 4.42 Å². The molecule has 1 aromatic carbocycles. The van der Waals surface area contributed by atoms with Crippen molar-refractivity contribution < 1.29 is 4.42 Å². The van der Waals surface area contributed by atoms with Gasteiger partial charge in [-0.25, -0.2) is 0 Å². The lowest BCUT2D eigenvalue weighted by Gasteiger charge is -2.24. The van der Waals surface area contributed by atoms with E-state index >= 15 is 0 Å². The van der Waals surface area contributed by atoms with Gasteiger partial charge in [-0.15, -0.1) is 0 Å². The fourth-order valence-electron chi connectivity index (χ4n) is 2.58. The van der Waals surface area contributed by atoms with Crippen LogP contribution in [0.3, 0.4) is 0 Å². The largest absolute Gasteiger partial charge is 0.467 e. The van der Waals surface area contributed by atoms with Crippen molar-refractivity contribution in [3.05, 3.63) is 59.0 Å². The smallest absolute Gasteiger partial charge is 0.128 e. The Morgan fingerprint density at radius 2 is 1.76 bits per heavy atom. The molecule has 2 nitrogen and oxygen atoms in total. The molecule has 1 heterocycles. The maximum absolute atomic E-state index is 5.69. The molecule has 1 unspecified atom stereocenters. The molecule has 0 radical (unpaired) electrons. The molecular weight excluding hydrogens is 258 g/mol. The lowest BCUT2D eigenvalue weighted by atomic mass is 9.81. The van der Waals surface area contributed by atoms with Gasteiger partial charge in [-0.1, -0.05) is 52.0 Å². The number of benzene rings is 1. The van der Waals surface area contributed by atoms with Gasteiger partial charge in [0.05, 0.1) is 12.3 Å². The highest BCUT2D eigenvalue weighted by Gasteiger charge is 2.21. The Bertz CT molecular complexity index is 566. The maximum Gasteiger partial charge on any atom is 0.128 e. The molecule has 1 N–H and O–H groups in total. The minimum absolute atomic E-state index is 0.129. The summed E-state index contributed by atoms with van der Waals surface area (Å²) in [5.74, 6) is 1.01. The van der Waals surface area contributed by atoms with Crippen molar-refractivity contribution >= 4 is 0 Å².